The zero-order valence-corrected chi connectivity index (χ0v) is 23.6. The van der Waals surface area contributed by atoms with E-state index in [9.17, 15) is 0 Å². The van der Waals surface area contributed by atoms with Crippen molar-refractivity contribution in [2.24, 2.45) is 0 Å². The average molecular weight is 465 g/mol. The summed E-state index contributed by atoms with van der Waals surface area (Å²) < 4.78 is 0. The zero-order valence-electron chi connectivity index (χ0n) is 23.6. The van der Waals surface area contributed by atoms with Crippen LogP contribution in [0.4, 0.5) is 0 Å². The van der Waals surface area contributed by atoms with Crippen LogP contribution in [0.25, 0.3) is 0 Å². The number of benzene rings is 3. The van der Waals surface area contributed by atoms with E-state index in [0.29, 0.717) is 6.32 Å². The smallest absolute Gasteiger partial charge is 0.0458 e. The second-order valence-corrected chi connectivity index (χ2v) is 13.2. The van der Waals surface area contributed by atoms with Crippen LogP contribution in [0, 0.1) is 0 Å². The summed E-state index contributed by atoms with van der Waals surface area (Å²) >= 11 is 0. The SMILES string of the molecule is [B-]CCCC(c1ccccc1C(C)(C)C)(c1ccccc1C(C)(C)C)c1ccccc1C(C)(C)C. The first-order chi connectivity index (χ1) is 16.2. The normalized spacial score (nSPS) is 13.2. The monoisotopic (exact) mass is 464 g/mol. The molecule has 3 aromatic rings. The summed E-state index contributed by atoms with van der Waals surface area (Å²) in [6.07, 6.45) is 2.60. The molecule has 3 aromatic carbocycles. The molecule has 0 unspecified atom stereocenters. The van der Waals surface area contributed by atoms with E-state index in [1.54, 1.807) is 0 Å². The summed E-state index contributed by atoms with van der Waals surface area (Å²) in [5.74, 6) is 0. The van der Waals surface area contributed by atoms with Gasteiger partial charge in [0.05, 0.1) is 0 Å². The van der Waals surface area contributed by atoms with Crippen LogP contribution in [0.1, 0.15) is 109 Å². The standard InChI is InChI=1S/C34H45B/c1-31(2,3)25-17-10-13-20-28(25)34(23-16-24-35,29-21-14-11-18-26(29)32(4,5)6)30-22-15-12-19-27(30)33(7,8)9/h10-15,17-22H,16,23-24H2,1-9H3/q-1. The zero-order chi connectivity index (χ0) is 26.1. The Kier molecular flexibility index (Phi) is 7.80. The van der Waals surface area contributed by atoms with Crippen molar-refractivity contribution in [1.82, 2.24) is 0 Å². The first-order valence-corrected chi connectivity index (χ1v) is 13.2. The van der Waals surface area contributed by atoms with E-state index < -0.39 is 0 Å². The molecule has 0 atom stereocenters. The second kappa shape index (κ2) is 10.0. The third-order valence-corrected chi connectivity index (χ3v) is 7.34. The molecule has 0 nitrogen and oxygen atoms in total. The van der Waals surface area contributed by atoms with Gasteiger partial charge in [0.1, 0.15) is 0 Å². The van der Waals surface area contributed by atoms with Gasteiger partial charge in [-0.15, -0.1) is 0 Å². The van der Waals surface area contributed by atoms with Crippen molar-refractivity contribution in [1.29, 1.82) is 0 Å². The molecule has 0 fully saturated rings. The lowest BCUT2D eigenvalue weighted by atomic mass is 9.58. The highest BCUT2D eigenvalue weighted by Gasteiger charge is 2.43. The van der Waals surface area contributed by atoms with Gasteiger partial charge in [0.25, 0.3) is 0 Å². The van der Waals surface area contributed by atoms with Crippen molar-refractivity contribution in [3.05, 3.63) is 106 Å². The summed E-state index contributed by atoms with van der Waals surface area (Å²) in [5, 5.41) is 0. The van der Waals surface area contributed by atoms with Crippen molar-refractivity contribution in [2.45, 2.75) is 103 Å². The van der Waals surface area contributed by atoms with Crippen molar-refractivity contribution in [3.63, 3.8) is 0 Å². The lowest BCUT2D eigenvalue weighted by molar-refractivity contribution is 0.479. The maximum Gasteiger partial charge on any atom is 0.0458 e. The van der Waals surface area contributed by atoms with Gasteiger partial charge < -0.3 is 7.85 Å². The summed E-state index contributed by atoms with van der Waals surface area (Å²) in [7, 11) is 6.24. The molecule has 0 heterocycles. The summed E-state index contributed by atoms with van der Waals surface area (Å²) in [6, 6.07) is 27.4. The van der Waals surface area contributed by atoms with Gasteiger partial charge in [-0.3, -0.25) is 6.32 Å². The molecular formula is C34H45B-. The van der Waals surface area contributed by atoms with Gasteiger partial charge in [0.2, 0.25) is 0 Å². The van der Waals surface area contributed by atoms with Crippen LogP contribution in [-0.2, 0) is 21.7 Å². The fraction of sp³-hybridized carbons (Fsp3) is 0.471. The van der Waals surface area contributed by atoms with Crippen LogP contribution < -0.4 is 0 Å². The van der Waals surface area contributed by atoms with E-state index >= 15 is 0 Å². The minimum Gasteiger partial charge on any atom is -0.626 e. The van der Waals surface area contributed by atoms with Gasteiger partial charge in [0.15, 0.2) is 0 Å². The first-order valence-electron chi connectivity index (χ1n) is 13.2. The topological polar surface area (TPSA) is 0 Å². The predicted molar refractivity (Wildman–Crippen MR) is 155 cm³/mol. The van der Waals surface area contributed by atoms with E-state index in [2.05, 4.69) is 135 Å². The fourth-order valence-corrected chi connectivity index (χ4v) is 5.73. The number of hydrogen-bond acceptors (Lipinski definition) is 0. The van der Waals surface area contributed by atoms with Crippen molar-refractivity contribution >= 4 is 7.85 Å². The lowest BCUT2D eigenvalue weighted by Crippen LogP contribution is -2.37. The molecule has 0 aliphatic carbocycles. The summed E-state index contributed by atoms with van der Waals surface area (Å²) in [6.45, 7) is 21.0. The Labute approximate surface area is 217 Å². The molecule has 35 heavy (non-hydrogen) atoms. The van der Waals surface area contributed by atoms with Gasteiger partial charge >= 0.3 is 0 Å². The van der Waals surface area contributed by atoms with Gasteiger partial charge in [-0.05, 0) is 56.0 Å². The van der Waals surface area contributed by atoms with Crippen LogP contribution in [0.3, 0.4) is 0 Å². The second-order valence-electron chi connectivity index (χ2n) is 13.2. The highest BCUT2D eigenvalue weighted by molar-refractivity contribution is 6.08. The van der Waals surface area contributed by atoms with Gasteiger partial charge in [-0.1, -0.05) is 142 Å². The van der Waals surface area contributed by atoms with E-state index in [4.69, 9.17) is 7.85 Å². The molecule has 0 aliphatic rings. The molecule has 0 bridgehead atoms. The Balaban J connectivity index is 2.63. The van der Waals surface area contributed by atoms with E-state index in [1.807, 2.05) is 0 Å². The molecular weight excluding hydrogens is 419 g/mol. The van der Waals surface area contributed by atoms with Crippen LogP contribution in [-0.4, -0.2) is 7.85 Å². The molecule has 0 aromatic heterocycles. The quantitative estimate of drug-likeness (QED) is 0.252. The van der Waals surface area contributed by atoms with E-state index in [1.165, 1.54) is 33.4 Å². The Hall–Kier alpha value is -2.28. The largest absolute Gasteiger partial charge is 0.626 e. The van der Waals surface area contributed by atoms with Crippen LogP contribution in [0.5, 0.6) is 0 Å². The Bertz CT molecular complexity index is 993. The lowest BCUT2D eigenvalue weighted by Gasteiger charge is -2.45. The van der Waals surface area contributed by atoms with E-state index in [-0.39, 0.29) is 21.7 Å². The molecule has 0 N–H and O–H groups in total. The highest BCUT2D eigenvalue weighted by atomic mass is 14.5. The van der Waals surface area contributed by atoms with Crippen molar-refractivity contribution in [2.75, 3.05) is 0 Å². The van der Waals surface area contributed by atoms with Gasteiger partial charge in [-0.2, -0.15) is 0 Å². The molecule has 3 radical (unpaired) electrons. The molecule has 0 spiro atoms. The van der Waals surface area contributed by atoms with Crippen molar-refractivity contribution < 1.29 is 0 Å². The van der Waals surface area contributed by atoms with Crippen molar-refractivity contribution in [3.8, 4) is 0 Å². The molecule has 1 heteroatoms. The van der Waals surface area contributed by atoms with Gasteiger partial charge in [0, 0.05) is 5.41 Å². The third-order valence-electron chi connectivity index (χ3n) is 7.34. The maximum atomic E-state index is 6.24. The van der Waals surface area contributed by atoms with Crippen LogP contribution in [0.15, 0.2) is 72.8 Å². The maximum absolute atomic E-state index is 6.24. The molecule has 185 valence electrons. The van der Waals surface area contributed by atoms with Crippen LogP contribution in [0.2, 0.25) is 6.32 Å². The minimum atomic E-state index is -0.309. The van der Waals surface area contributed by atoms with E-state index in [0.717, 1.165) is 12.8 Å². The molecule has 3 rings (SSSR count). The fourth-order valence-electron chi connectivity index (χ4n) is 5.73. The average Bonchev–Trinajstić information content (AvgIpc) is 2.78. The third kappa shape index (κ3) is 5.45. The Morgan fingerprint density at radius 3 is 0.943 bits per heavy atom. The number of hydrogen-bond donors (Lipinski definition) is 0. The molecule has 0 saturated heterocycles. The Morgan fingerprint density at radius 2 is 0.714 bits per heavy atom. The summed E-state index contributed by atoms with van der Waals surface area (Å²) in [5.41, 5.74) is 8.18. The molecule has 0 saturated carbocycles. The van der Waals surface area contributed by atoms with Crippen LogP contribution >= 0.6 is 0 Å². The highest BCUT2D eigenvalue weighted by Crippen LogP contribution is 2.51. The summed E-state index contributed by atoms with van der Waals surface area (Å²) in [4.78, 5) is 0. The predicted octanol–water partition coefficient (Wildman–Crippen LogP) is 9.28. The van der Waals surface area contributed by atoms with Gasteiger partial charge in [-0.25, -0.2) is 0 Å². The minimum absolute atomic E-state index is 0.0118. The molecule has 0 amide bonds. The molecule has 0 aliphatic heterocycles. The Morgan fingerprint density at radius 1 is 0.457 bits per heavy atom. The first kappa shape index (κ1) is 27.3. The number of rotatable bonds is 6.